The Hall–Kier alpha value is -0.640. The number of nitrogens with one attached hydrogen (secondary N) is 1. The van der Waals surface area contributed by atoms with Gasteiger partial charge in [-0.25, -0.2) is 0 Å². The third-order valence-electron chi connectivity index (χ3n) is 4.17. The molecule has 0 unspecified atom stereocenters. The van der Waals surface area contributed by atoms with Gasteiger partial charge < -0.3 is 11.1 Å². The number of carbonyl (C=O) groups excluding carboxylic acids is 1. The summed E-state index contributed by atoms with van der Waals surface area (Å²) >= 11 is 5.07. The number of thiocarbonyl (C=S) groups is 1. The van der Waals surface area contributed by atoms with E-state index in [0.717, 1.165) is 25.7 Å². The van der Waals surface area contributed by atoms with Gasteiger partial charge in [0.2, 0.25) is 5.91 Å². The molecule has 0 spiro atoms. The summed E-state index contributed by atoms with van der Waals surface area (Å²) in [6.07, 6.45) is 4.96. The molecule has 2 fully saturated rings. The molecule has 0 aromatic carbocycles. The number of nitrogens with two attached hydrogens (primary N) is 1. The highest BCUT2D eigenvalue weighted by atomic mass is 32.1. The molecule has 3 N–H and O–H groups in total. The standard InChI is InChI=1S/C12H20N2OS/c1-8-6-12(7-8,9(13)16)10(15)14-11(2)4-3-5-11/h8H,3-7H2,1-2H3,(H2,13,16)(H,14,15). The number of carbonyl (C=O) groups is 1. The molecule has 0 atom stereocenters. The van der Waals surface area contributed by atoms with Crippen molar-refractivity contribution in [3.63, 3.8) is 0 Å². The van der Waals surface area contributed by atoms with Gasteiger partial charge in [0.05, 0.1) is 10.4 Å². The van der Waals surface area contributed by atoms with Crippen LogP contribution in [-0.4, -0.2) is 16.4 Å². The van der Waals surface area contributed by atoms with E-state index in [1.165, 1.54) is 6.42 Å². The van der Waals surface area contributed by atoms with Crippen molar-refractivity contribution in [2.45, 2.75) is 51.5 Å². The van der Waals surface area contributed by atoms with Crippen LogP contribution in [0.3, 0.4) is 0 Å². The van der Waals surface area contributed by atoms with E-state index in [1.807, 2.05) is 0 Å². The smallest absolute Gasteiger partial charge is 0.233 e. The van der Waals surface area contributed by atoms with Crippen molar-refractivity contribution in [2.75, 3.05) is 0 Å². The Morgan fingerprint density at radius 1 is 1.44 bits per heavy atom. The lowest BCUT2D eigenvalue weighted by Crippen LogP contribution is -2.61. The summed E-state index contributed by atoms with van der Waals surface area (Å²) < 4.78 is 0. The highest BCUT2D eigenvalue weighted by molar-refractivity contribution is 7.80. The molecule has 0 aromatic rings. The second kappa shape index (κ2) is 3.69. The Morgan fingerprint density at radius 3 is 2.31 bits per heavy atom. The van der Waals surface area contributed by atoms with E-state index in [1.54, 1.807) is 0 Å². The molecular formula is C12H20N2OS. The maximum absolute atomic E-state index is 12.3. The topological polar surface area (TPSA) is 55.1 Å². The predicted molar refractivity (Wildman–Crippen MR) is 68.0 cm³/mol. The lowest BCUT2D eigenvalue weighted by molar-refractivity contribution is -0.135. The van der Waals surface area contributed by atoms with Crippen molar-refractivity contribution in [1.29, 1.82) is 0 Å². The zero-order valence-electron chi connectivity index (χ0n) is 10.0. The molecule has 0 bridgehead atoms. The number of rotatable bonds is 3. The number of hydrogen-bond acceptors (Lipinski definition) is 2. The van der Waals surface area contributed by atoms with E-state index in [2.05, 4.69) is 19.2 Å². The predicted octanol–water partition coefficient (Wildman–Crippen LogP) is 1.75. The fourth-order valence-corrected chi connectivity index (χ4v) is 3.11. The molecule has 0 heterocycles. The van der Waals surface area contributed by atoms with Crippen molar-refractivity contribution in [1.82, 2.24) is 5.32 Å². The van der Waals surface area contributed by atoms with Gasteiger partial charge in [0.1, 0.15) is 0 Å². The van der Waals surface area contributed by atoms with Crippen LogP contribution in [0.2, 0.25) is 0 Å². The molecule has 0 radical (unpaired) electrons. The van der Waals surface area contributed by atoms with Crippen LogP contribution < -0.4 is 11.1 Å². The van der Waals surface area contributed by atoms with Crippen LogP contribution in [0.5, 0.6) is 0 Å². The monoisotopic (exact) mass is 240 g/mol. The molecule has 2 rings (SSSR count). The van der Waals surface area contributed by atoms with Gasteiger partial charge in [0.15, 0.2) is 0 Å². The van der Waals surface area contributed by atoms with Crippen LogP contribution in [-0.2, 0) is 4.79 Å². The number of hydrogen-bond donors (Lipinski definition) is 2. The normalized spacial score (nSPS) is 35.8. The molecule has 3 nitrogen and oxygen atoms in total. The van der Waals surface area contributed by atoms with Crippen LogP contribution in [0.4, 0.5) is 0 Å². The molecule has 0 saturated heterocycles. The fraction of sp³-hybridized carbons (Fsp3) is 0.833. The highest BCUT2D eigenvalue weighted by Gasteiger charge is 2.52. The van der Waals surface area contributed by atoms with E-state index in [-0.39, 0.29) is 11.4 Å². The zero-order valence-corrected chi connectivity index (χ0v) is 10.8. The summed E-state index contributed by atoms with van der Waals surface area (Å²) in [5, 5.41) is 3.13. The van der Waals surface area contributed by atoms with Crippen LogP contribution in [0, 0.1) is 11.3 Å². The first-order chi connectivity index (χ1) is 7.38. The average Bonchev–Trinajstić information content (AvgIpc) is 2.09. The van der Waals surface area contributed by atoms with Gasteiger partial charge in [-0.05, 0) is 44.9 Å². The molecule has 1 amide bonds. The van der Waals surface area contributed by atoms with Crippen molar-refractivity contribution >= 4 is 23.1 Å². The van der Waals surface area contributed by atoms with Crippen molar-refractivity contribution in [3.05, 3.63) is 0 Å². The van der Waals surface area contributed by atoms with Gasteiger partial charge >= 0.3 is 0 Å². The quantitative estimate of drug-likeness (QED) is 0.739. The van der Waals surface area contributed by atoms with E-state index in [4.69, 9.17) is 18.0 Å². The fourth-order valence-electron chi connectivity index (χ4n) is 2.85. The Balaban J connectivity index is 2.04. The summed E-state index contributed by atoms with van der Waals surface area (Å²) in [5.74, 6) is 0.613. The van der Waals surface area contributed by atoms with Gasteiger partial charge in [-0.3, -0.25) is 4.79 Å². The maximum atomic E-state index is 12.3. The second-order valence-electron chi connectivity index (χ2n) is 5.83. The largest absolute Gasteiger partial charge is 0.392 e. The molecule has 2 aliphatic carbocycles. The molecule has 16 heavy (non-hydrogen) atoms. The van der Waals surface area contributed by atoms with Crippen LogP contribution in [0.1, 0.15) is 46.0 Å². The molecule has 90 valence electrons. The van der Waals surface area contributed by atoms with Gasteiger partial charge in [0, 0.05) is 5.54 Å². The second-order valence-corrected chi connectivity index (χ2v) is 6.27. The molecular weight excluding hydrogens is 220 g/mol. The van der Waals surface area contributed by atoms with Crippen molar-refractivity contribution in [2.24, 2.45) is 17.1 Å². The van der Waals surface area contributed by atoms with Gasteiger partial charge in [-0.1, -0.05) is 19.1 Å². The first kappa shape index (κ1) is 11.8. The summed E-state index contributed by atoms with van der Waals surface area (Å²) in [5.41, 5.74) is 5.19. The molecule has 2 saturated carbocycles. The molecule has 4 heteroatoms. The third kappa shape index (κ3) is 1.73. The first-order valence-corrected chi connectivity index (χ1v) is 6.41. The lowest BCUT2D eigenvalue weighted by atomic mass is 9.61. The first-order valence-electron chi connectivity index (χ1n) is 6.00. The minimum absolute atomic E-state index is 0.00626. The summed E-state index contributed by atoms with van der Waals surface area (Å²) in [7, 11) is 0. The summed E-state index contributed by atoms with van der Waals surface area (Å²) in [6, 6.07) is 0. The van der Waals surface area contributed by atoms with Crippen LogP contribution >= 0.6 is 12.2 Å². The maximum Gasteiger partial charge on any atom is 0.233 e. The zero-order chi connectivity index (χ0) is 12.0. The lowest BCUT2D eigenvalue weighted by Gasteiger charge is -2.48. The van der Waals surface area contributed by atoms with E-state index < -0.39 is 5.41 Å². The van der Waals surface area contributed by atoms with E-state index in [9.17, 15) is 4.79 Å². The minimum atomic E-state index is -0.548. The van der Waals surface area contributed by atoms with Crippen LogP contribution in [0.15, 0.2) is 0 Å². The Labute approximate surface area is 102 Å². The molecule has 2 aliphatic rings. The van der Waals surface area contributed by atoms with E-state index >= 15 is 0 Å². The van der Waals surface area contributed by atoms with E-state index in [0.29, 0.717) is 10.9 Å². The average molecular weight is 240 g/mol. The molecule has 0 aliphatic heterocycles. The SMILES string of the molecule is CC1CC(C(=O)NC2(C)CCC2)(C(N)=S)C1. The van der Waals surface area contributed by atoms with Gasteiger partial charge in [0.25, 0.3) is 0 Å². The Kier molecular flexibility index (Phi) is 2.73. The summed E-state index contributed by atoms with van der Waals surface area (Å²) in [6.45, 7) is 4.23. The Bertz CT molecular complexity index is 330. The summed E-state index contributed by atoms with van der Waals surface area (Å²) in [4.78, 5) is 12.6. The van der Waals surface area contributed by atoms with Crippen molar-refractivity contribution < 1.29 is 4.79 Å². The van der Waals surface area contributed by atoms with Gasteiger partial charge in [-0.2, -0.15) is 0 Å². The number of amides is 1. The Morgan fingerprint density at radius 2 is 2.00 bits per heavy atom. The van der Waals surface area contributed by atoms with Crippen LogP contribution in [0.25, 0.3) is 0 Å². The minimum Gasteiger partial charge on any atom is -0.392 e. The highest BCUT2D eigenvalue weighted by Crippen LogP contribution is 2.47. The third-order valence-corrected chi connectivity index (χ3v) is 4.56. The molecule has 0 aromatic heterocycles. The van der Waals surface area contributed by atoms with Crippen molar-refractivity contribution in [3.8, 4) is 0 Å². The van der Waals surface area contributed by atoms with Gasteiger partial charge in [-0.15, -0.1) is 0 Å².